The summed E-state index contributed by atoms with van der Waals surface area (Å²) in [5.74, 6) is 0.329. The second kappa shape index (κ2) is 4.76. The fourth-order valence-corrected chi connectivity index (χ4v) is 3.48. The summed E-state index contributed by atoms with van der Waals surface area (Å²) in [5, 5.41) is 0. The normalized spacial score (nSPS) is 18.9. The standard InChI is InChI=1S/C15H14Cl3N3O/c16-15(17,18)14-20-12-10(21(14)8-3-4-8)6-5-9(13(19)22)11(12)7-1-2-7/h5-8H,1-4H2,(H2,19,22). The Balaban J connectivity index is 2.04. The Kier molecular flexibility index (Phi) is 3.16. The summed E-state index contributed by atoms with van der Waals surface area (Å²) < 4.78 is 0.425. The van der Waals surface area contributed by atoms with Crippen molar-refractivity contribution in [2.24, 2.45) is 5.73 Å². The minimum Gasteiger partial charge on any atom is -0.366 e. The van der Waals surface area contributed by atoms with E-state index in [1.54, 1.807) is 6.07 Å². The van der Waals surface area contributed by atoms with Crippen LogP contribution >= 0.6 is 34.8 Å². The van der Waals surface area contributed by atoms with Gasteiger partial charge in [0.1, 0.15) is 0 Å². The predicted octanol–water partition coefficient (Wildman–Crippen LogP) is 4.17. The lowest BCUT2D eigenvalue weighted by molar-refractivity contribution is 0.0999. The number of carbonyl (C=O) groups is 1. The molecule has 0 atom stereocenters. The smallest absolute Gasteiger partial charge is 0.249 e. The molecule has 4 rings (SSSR count). The molecule has 2 fully saturated rings. The van der Waals surface area contributed by atoms with E-state index in [2.05, 4.69) is 4.98 Å². The van der Waals surface area contributed by atoms with Crippen molar-refractivity contribution in [3.8, 4) is 0 Å². The topological polar surface area (TPSA) is 60.9 Å². The highest BCUT2D eigenvalue weighted by atomic mass is 35.6. The highest BCUT2D eigenvalue weighted by Crippen LogP contribution is 2.49. The van der Waals surface area contributed by atoms with E-state index < -0.39 is 9.70 Å². The summed E-state index contributed by atoms with van der Waals surface area (Å²) in [5.41, 5.74) is 8.66. The van der Waals surface area contributed by atoms with Gasteiger partial charge in [-0.2, -0.15) is 0 Å². The maximum Gasteiger partial charge on any atom is 0.249 e. The molecular weight excluding hydrogens is 345 g/mol. The van der Waals surface area contributed by atoms with Crippen molar-refractivity contribution in [3.63, 3.8) is 0 Å². The Hall–Kier alpha value is -0.970. The number of primary amides is 1. The number of aromatic nitrogens is 2. The predicted molar refractivity (Wildman–Crippen MR) is 87.7 cm³/mol. The van der Waals surface area contributed by atoms with Crippen LogP contribution < -0.4 is 5.73 Å². The number of hydrogen-bond donors (Lipinski definition) is 1. The first-order valence-electron chi connectivity index (χ1n) is 7.29. The summed E-state index contributed by atoms with van der Waals surface area (Å²) >= 11 is 18.3. The third-order valence-corrected chi connectivity index (χ3v) is 4.82. The van der Waals surface area contributed by atoms with Crippen molar-refractivity contribution in [3.05, 3.63) is 29.1 Å². The Morgan fingerprint density at radius 2 is 1.91 bits per heavy atom. The van der Waals surface area contributed by atoms with Crippen molar-refractivity contribution in [1.29, 1.82) is 0 Å². The largest absolute Gasteiger partial charge is 0.366 e. The molecule has 0 spiro atoms. The van der Waals surface area contributed by atoms with Gasteiger partial charge in [-0.25, -0.2) is 4.98 Å². The van der Waals surface area contributed by atoms with Crippen molar-refractivity contribution in [2.75, 3.05) is 0 Å². The van der Waals surface area contributed by atoms with E-state index in [9.17, 15) is 4.79 Å². The molecule has 0 bridgehead atoms. The molecule has 1 aromatic heterocycles. The number of alkyl halides is 3. The number of halogens is 3. The zero-order valence-corrected chi connectivity index (χ0v) is 13.9. The Morgan fingerprint density at radius 1 is 1.23 bits per heavy atom. The van der Waals surface area contributed by atoms with Crippen LogP contribution in [0.1, 0.15) is 59.4 Å². The average Bonchev–Trinajstić information content (AvgIpc) is 3.32. The summed E-state index contributed by atoms with van der Waals surface area (Å²) in [4.78, 5) is 16.4. The fraction of sp³-hybridized carbons (Fsp3) is 0.467. The van der Waals surface area contributed by atoms with Crippen LogP contribution in [0, 0.1) is 0 Å². The van der Waals surface area contributed by atoms with Crippen LogP contribution in [-0.4, -0.2) is 15.5 Å². The first kappa shape index (κ1) is 14.6. The van der Waals surface area contributed by atoms with Crippen molar-refractivity contribution in [2.45, 2.75) is 41.4 Å². The number of hydrogen-bond acceptors (Lipinski definition) is 2. The van der Waals surface area contributed by atoms with E-state index >= 15 is 0 Å². The van der Waals surface area contributed by atoms with Crippen LogP contribution in [0.5, 0.6) is 0 Å². The summed E-state index contributed by atoms with van der Waals surface area (Å²) in [7, 11) is 0. The van der Waals surface area contributed by atoms with Gasteiger partial charge in [-0.05, 0) is 49.3 Å². The number of nitrogens with zero attached hydrogens (tertiary/aromatic N) is 2. The number of fused-ring (bicyclic) bond motifs is 1. The molecule has 22 heavy (non-hydrogen) atoms. The van der Waals surface area contributed by atoms with Crippen LogP contribution in [0.4, 0.5) is 0 Å². The molecular formula is C15H14Cl3N3O. The Morgan fingerprint density at radius 3 is 2.41 bits per heavy atom. The SMILES string of the molecule is NC(=O)c1ccc2c(nc(C(Cl)(Cl)Cl)n2C2CC2)c1C1CC1. The van der Waals surface area contributed by atoms with Gasteiger partial charge in [0, 0.05) is 11.6 Å². The molecule has 2 N–H and O–H groups in total. The molecule has 0 unspecified atom stereocenters. The molecule has 2 saturated carbocycles. The van der Waals surface area contributed by atoms with Crippen LogP contribution in [-0.2, 0) is 3.79 Å². The number of nitrogens with two attached hydrogens (primary N) is 1. The van der Waals surface area contributed by atoms with E-state index in [0.29, 0.717) is 23.3 Å². The number of amides is 1. The third-order valence-electron chi connectivity index (χ3n) is 4.32. The van der Waals surface area contributed by atoms with Gasteiger partial charge in [0.2, 0.25) is 9.70 Å². The molecule has 7 heteroatoms. The van der Waals surface area contributed by atoms with Gasteiger partial charge < -0.3 is 10.3 Å². The van der Waals surface area contributed by atoms with E-state index in [1.165, 1.54) is 0 Å². The maximum absolute atomic E-state index is 11.7. The zero-order chi connectivity index (χ0) is 15.6. The molecule has 4 nitrogen and oxygen atoms in total. The molecule has 1 aromatic carbocycles. The average molecular weight is 359 g/mol. The third kappa shape index (κ3) is 2.29. The second-order valence-electron chi connectivity index (χ2n) is 6.07. The Labute approximate surface area is 142 Å². The van der Waals surface area contributed by atoms with Crippen molar-refractivity contribution < 1.29 is 4.79 Å². The number of carbonyl (C=O) groups excluding carboxylic acids is 1. The molecule has 2 aliphatic carbocycles. The molecule has 116 valence electrons. The molecule has 0 saturated heterocycles. The lowest BCUT2D eigenvalue weighted by Crippen LogP contribution is -2.13. The molecule has 0 radical (unpaired) electrons. The van der Waals surface area contributed by atoms with Crippen molar-refractivity contribution >= 4 is 51.7 Å². The summed E-state index contributed by atoms with van der Waals surface area (Å²) in [6, 6.07) is 3.97. The highest BCUT2D eigenvalue weighted by Gasteiger charge is 2.39. The van der Waals surface area contributed by atoms with Gasteiger partial charge in [-0.1, -0.05) is 34.8 Å². The lowest BCUT2D eigenvalue weighted by Gasteiger charge is -2.13. The molecule has 0 aliphatic heterocycles. The number of benzene rings is 1. The molecule has 2 aliphatic rings. The first-order chi connectivity index (χ1) is 10.4. The molecule has 1 heterocycles. The summed E-state index contributed by atoms with van der Waals surface area (Å²) in [6.45, 7) is 0. The number of rotatable bonds is 3. The van der Waals surface area contributed by atoms with Crippen molar-refractivity contribution in [1.82, 2.24) is 9.55 Å². The first-order valence-corrected chi connectivity index (χ1v) is 8.43. The van der Waals surface area contributed by atoms with Crippen LogP contribution in [0.2, 0.25) is 0 Å². The van der Waals surface area contributed by atoms with Gasteiger partial charge in [-0.15, -0.1) is 0 Å². The van der Waals surface area contributed by atoms with E-state index in [4.69, 9.17) is 40.5 Å². The maximum atomic E-state index is 11.7. The Bertz CT molecular complexity index is 785. The van der Waals surface area contributed by atoms with E-state index in [1.807, 2.05) is 10.6 Å². The van der Waals surface area contributed by atoms with Gasteiger partial charge in [0.25, 0.3) is 0 Å². The molecule has 2 aromatic rings. The lowest BCUT2D eigenvalue weighted by atomic mass is 10.0. The minimum atomic E-state index is -1.59. The van der Waals surface area contributed by atoms with E-state index in [0.717, 1.165) is 42.3 Å². The van der Waals surface area contributed by atoms with Crippen LogP contribution in [0.3, 0.4) is 0 Å². The van der Waals surface area contributed by atoms with Gasteiger partial charge >= 0.3 is 0 Å². The monoisotopic (exact) mass is 357 g/mol. The second-order valence-corrected chi connectivity index (χ2v) is 8.35. The van der Waals surface area contributed by atoms with Crippen LogP contribution in [0.15, 0.2) is 12.1 Å². The fourth-order valence-electron chi connectivity index (χ4n) is 3.08. The van der Waals surface area contributed by atoms with Crippen LogP contribution in [0.25, 0.3) is 11.0 Å². The molecule has 1 amide bonds. The van der Waals surface area contributed by atoms with Gasteiger partial charge in [0.05, 0.1) is 11.0 Å². The zero-order valence-electron chi connectivity index (χ0n) is 11.7. The minimum absolute atomic E-state index is 0.321. The number of imidazole rings is 1. The summed E-state index contributed by atoms with van der Waals surface area (Å²) in [6.07, 6.45) is 4.18. The quantitative estimate of drug-likeness (QED) is 0.837. The van der Waals surface area contributed by atoms with Gasteiger partial charge in [-0.3, -0.25) is 4.79 Å². The van der Waals surface area contributed by atoms with E-state index in [-0.39, 0.29) is 0 Å². The highest BCUT2D eigenvalue weighted by molar-refractivity contribution is 6.66. The van der Waals surface area contributed by atoms with Gasteiger partial charge in [0.15, 0.2) is 5.82 Å².